The van der Waals surface area contributed by atoms with Gasteiger partial charge in [0.1, 0.15) is 9.66 Å². The number of nitrogens with one attached hydrogen (secondary N) is 1. The van der Waals surface area contributed by atoms with Crippen molar-refractivity contribution in [2.24, 2.45) is 9.98 Å². The Morgan fingerprint density at radius 3 is 3.27 bits per heavy atom. The fraction of sp³-hybridized carbons (Fsp3) is 0.100. The Bertz CT molecular complexity index is 607. The zero-order valence-electron chi connectivity index (χ0n) is 7.73. The molecule has 1 aromatic heterocycles. The lowest BCUT2D eigenvalue weighted by Gasteiger charge is -1.97. The van der Waals surface area contributed by atoms with Gasteiger partial charge in [-0.1, -0.05) is 12.2 Å². The van der Waals surface area contributed by atoms with E-state index in [1.165, 1.54) is 10.1 Å². The lowest BCUT2D eigenvalue weighted by Crippen LogP contribution is -2.10. The number of nitrogens with zero attached hydrogens (tertiary/aromatic N) is 2. The molecule has 0 radical (unpaired) electrons. The zero-order chi connectivity index (χ0) is 10.3. The van der Waals surface area contributed by atoms with Crippen molar-refractivity contribution in [1.29, 1.82) is 0 Å². The second-order valence-corrected chi connectivity index (χ2v) is 4.72. The van der Waals surface area contributed by atoms with Gasteiger partial charge in [-0.3, -0.25) is 4.99 Å². The van der Waals surface area contributed by atoms with E-state index in [-0.39, 0.29) is 0 Å². The van der Waals surface area contributed by atoms with Crippen LogP contribution in [0.2, 0.25) is 0 Å². The summed E-state index contributed by atoms with van der Waals surface area (Å²) < 4.78 is 2.15. The maximum atomic E-state index is 5.09. The Morgan fingerprint density at radius 2 is 2.33 bits per heavy atom. The summed E-state index contributed by atoms with van der Waals surface area (Å²) in [6.07, 6.45) is 7.80. The van der Waals surface area contributed by atoms with Gasteiger partial charge in [0.05, 0.1) is 11.1 Å². The van der Waals surface area contributed by atoms with E-state index < -0.39 is 0 Å². The van der Waals surface area contributed by atoms with Crippen LogP contribution in [0.1, 0.15) is 11.1 Å². The molecule has 2 aliphatic heterocycles. The average Bonchev–Trinajstić information content (AvgIpc) is 2.46. The molecule has 1 N–H and O–H groups in total. The minimum Gasteiger partial charge on any atom is -0.366 e. The Labute approximate surface area is 95.6 Å². The topological polar surface area (TPSA) is 36.8 Å². The molecule has 0 bridgehead atoms. The standard InChI is InChI=1S/C10H7N3S2/c14-9-5-12-3-7-6-1-2-11-4-8(6)15-10(7)13-9/h1-4,11H,5H2. The first-order valence-corrected chi connectivity index (χ1v) is 5.74. The first-order valence-electron chi connectivity index (χ1n) is 4.51. The van der Waals surface area contributed by atoms with Crippen LogP contribution < -0.4 is 14.5 Å². The molecule has 0 aliphatic carbocycles. The molecule has 0 amide bonds. The highest BCUT2D eigenvalue weighted by Gasteiger charge is 2.11. The minimum absolute atomic E-state index is 0.525. The molecule has 0 unspecified atom stereocenters. The summed E-state index contributed by atoms with van der Waals surface area (Å²) in [6.45, 7) is 0.525. The molecular weight excluding hydrogens is 226 g/mol. The van der Waals surface area contributed by atoms with E-state index >= 15 is 0 Å². The second kappa shape index (κ2) is 3.36. The van der Waals surface area contributed by atoms with Crippen molar-refractivity contribution in [3.63, 3.8) is 0 Å². The summed E-state index contributed by atoms with van der Waals surface area (Å²) in [5.74, 6) is 0. The lowest BCUT2D eigenvalue weighted by atomic mass is 10.1. The number of rotatable bonds is 0. The van der Waals surface area contributed by atoms with E-state index in [1.807, 2.05) is 24.7 Å². The van der Waals surface area contributed by atoms with Gasteiger partial charge in [-0.25, -0.2) is 4.99 Å². The van der Waals surface area contributed by atoms with Crippen molar-refractivity contribution in [1.82, 2.24) is 5.32 Å². The van der Waals surface area contributed by atoms with Crippen molar-refractivity contribution < 1.29 is 0 Å². The van der Waals surface area contributed by atoms with Crippen LogP contribution in [0.25, 0.3) is 12.3 Å². The molecule has 0 aromatic carbocycles. The van der Waals surface area contributed by atoms with Gasteiger partial charge in [0.15, 0.2) is 0 Å². The van der Waals surface area contributed by atoms with E-state index in [9.17, 15) is 0 Å². The third kappa shape index (κ3) is 1.44. The van der Waals surface area contributed by atoms with Crippen molar-refractivity contribution in [3.8, 4) is 0 Å². The van der Waals surface area contributed by atoms with Gasteiger partial charge < -0.3 is 5.32 Å². The van der Waals surface area contributed by atoms with E-state index in [4.69, 9.17) is 12.2 Å². The summed E-state index contributed by atoms with van der Waals surface area (Å²) in [7, 11) is 0. The second-order valence-electron chi connectivity index (χ2n) is 3.22. The molecule has 0 atom stereocenters. The van der Waals surface area contributed by atoms with Gasteiger partial charge >= 0.3 is 0 Å². The van der Waals surface area contributed by atoms with Gasteiger partial charge in [0.25, 0.3) is 0 Å². The van der Waals surface area contributed by atoms with E-state index in [2.05, 4.69) is 15.3 Å². The Hall–Kier alpha value is -1.33. The highest BCUT2D eigenvalue weighted by molar-refractivity contribution is 7.80. The van der Waals surface area contributed by atoms with E-state index in [1.54, 1.807) is 11.3 Å². The summed E-state index contributed by atoms with van der Waals surface area (Å²) in [5.41, 5.74) is 2.27. The Balaban J connectivity index is 2.41. The fourth-order valence-corrected chi connectivity index (χ4v) is 2.84. The predicted molar refractivity (Wildman–Crippen MR) is 66.8 cm³/mol. The van der Waals surface area contributed by atoms with E-state index in [0.29, 0.717) is 11.5 Å². The molecule has 15 heavy (non-hydrogen) atoms. The number of thiophene rings is 1. The van der Waals surface area contributed by atoms with Crippen LogP contribution in [0, 0.1) is 0 Å². The van der Waals surface area contributed by atoms with Crippen molar-refractivity contribution in [2.45, 2.75) is 0 Å². The van der Waals surface area contributed by atoms with Crippen LogP contribution in [0.15, 0.2) is 16.2 Å². The summed E-state index contributed by atoms with van der Waals surface area (Å²) in [5, 5.41) is 3.06. The summed E-state index contributed by atoms with van der Waals surface area (Å²) >= 11 is 6.73. The SMILES string of the molecule is S=C1CN=Cc2c3c(sc2=N1)=CNC=C3. The van der Waals surface area contributed by atoms with Crippen LogP contribution in [0.3, 0.4) is 0 Å². The quantitative estimate of drug-likeness (QED) is 0.660. The molecule has 3 rings (SSSR count). The normalized spacial score (nSPS) is 16.9. The van der Waals surface area contributed by atoms with Crippen LogP contribution in [-0.4, -0.2) is 17.7 Å². The van der Waals surface area contributed by atoms with Gasteiger partial charge in [-0.15, -0.1) is 11.3 Å². The molecule has 0 fully saturated rings. The highest BCUT2D eigenvalue weighted by Crippen LogP contribution is 2.06. The molecular formula is C10H7N3S2. The average molecular weight is 233 g/mol. The first-order chi connectivity index (χ1) is 7.34. The smallest absolute Gasteiger partial charge is 0.127 e. The van der Waals surface area contributed by atoms with Crippen LogP contribution in [0.5, 0.6) is 0 Å². The molecule has 5 heteroatoms. The number of hydrogen-bond acceptors (Lipinski definition) is 4. The van der Waals surface area contributed by atoms with Crippen molar-refractivity contribution >= 4 is 47.0 Å². The number of fused-ring (bicyclic) bond motifs is 3. The molecule has 2 aliphatic rings. The Morgan fingerprint density at radius 1 is 1.40 bits per heavy atom. The maximum Gasteiger partial charge on any atom is 0.127 e. The van der Waals surface area contributed by atoms with Gasteiger partial charge in [-0.2, -0.15) is 0 Å². The maximum absolute atomic E-state index is 5.09. The lowest BCUT2D eigenvalue weighted by molar-refractivity contribution is 1.27. The van der Waals surface area contributed by atoms with Gasteiger partial charge in [0.2, 0.25) is 0 Å². The molecule has 3 nitrogen and oxygen atoms in total. The molecule has 0 saturated carbocycles. The van der Waals surface area contributed by atoms with Crippen LogP contribution in [0.4, 0.5) is 0 Å². The molecule has 74 valence electrons. The molecule has 3 heterocycles. The van der Waals surface area contributed by atoms with Gasteiger partial charge in [-0.05, 0) is 6.08 Å². The number of aliphatic imine (C=N–C) groups is 1. The van der Waals surface area contributed by atoms with Crippen LogP contribution in [-0.2, 0) is 0 Å². The fourth-order valence-electron chi connectivity index (χ4n) is 1.57. The molecule has 0 saturated heterocycles. The minimum atomic E-state index is 0.525. The predicted octanol–water partition coefficient (Wildman–Crippen LogP) is 0.440. The number of thiocarbonyl (C=S) groups is 1. The monoisotopic (exact) mass is 233 g/mol. The van der Waals surface area contributed by atoms with Crippen molar-refractivity contribution in [3.05, 3.63) is 26.5 Å². The van der Waals surface area contributed by atoms with Crippen LogP contribution >= 0.6 is 23.6 Å². The highest BCUT2D eigenvalue weighted by atomic mass is 32.1. The Kier molecular flexibility index (Phi) is 2.00. The molecule has 1 aromatic rings. The van der Waals surface area contributed by atoms with Crippen molar-refractivity contribution in [2.75, 3.05) is 6.54 Å². The summed E-state index contributed by atoms with van der Waals surface area (Å²) in [4.78, 5) is 9.29. The molecule has 0 spiro atoms. The third-order valence-electron chi connectivity index (χ3n) is 2.23. The summed E-state index contributed by atoms with van der Waals surface area (Å²) in [6, 6.07) is 0. The third-order valence-corrected chi connectivity index (χ3v) is 3.51. The largest absolute Gasteiger partial charge is 0.366 e. The van der Waals surface area contributed by atoms with Gasteiger partial charge in [0, 0.05) is 29.7 Å². The van der Waals surface area contributed by atoms with E-state index in [0.717, 1.165) is 10.2 Å². The first kappa shape index (κ1) is 8.94. The zero-order valence-corrected chi connectivity index (χ0v) is 9.36. The number of hydrogen-bond donors (Lipinski definition) is 1.